The van der Waals surface area contributed by atoms with Gasteiger partial charge in [-0.1, -0.05) is 44.2 Å². The van der Waals surface area contributed by atoms with Gasteiger partial charge in [-0.05, 0) is 35.7 Å². The molecule has 3 aromatic rings. The Morgan fingerprint density at radius 3 is 2.33 bits per heavy atom. The first kappa shape index (κ1) is 23.8. The molecular formula is C24H28FN5O3. The van der Waals surface area contributed by atoms with Gasteiger partial charge in [-0.2, -0.15) is 0 Å². The number of likely N-dealkylation sites (N-methyl/N-ethyl adjacent to an activating group) is 1. The third-order valence-electron chi connectivity index (χ3n) is 5.16. The Labute approximate surface area is 191 Å². The van der Waals surface area contributed by atoms with Crippen LogP contribution >= 0.6 is 0 Å². The van der Waals surface area contributed by atoms with E-state index in [9.17, 15) is 18.8 Å². The van der Waals surface area contributed by atoms with E-state index in [-0.39, 0.29) is 48.8 Å². The molecule has 0 fully saturated rings. The summed E-state index contributed by atoms with van der Waals surface area (Å²) < 4.78 is 14.5. The van der Waals surface area contributed by atoms with E-state index in [2.05, 4.69) is 4.98 Å². The monoisotopic (exact) mass is 453 g/mol. The quantitative estimate of drug-likeness (QED) is 0.545. The predicted octanol–water partition coefficient (Wildman–Crippen LogP) is 2.43. The Kier molecular flexibility index (Phi) is 7.32. The summed E-state index contributed by atoms with van der Waals surface area (Å²) in [6.45, 7) is 4.12. The maximum absolute atomic E-state index is 13.3. The molecule has 3 rings (SSSR count). The number of amides is 1. The second-order valence-corrected chi connectivity index (χ2v) is 8.30. The van der Waals surface area contributed by atoms with Gasteiger partial charge in [0.05, 0.1) is 13.1 Å². The van der Waals surface area contributed by atoms with Crippen LogP contribution in [0.3, 0.4) is 0 Å². The number of aromatic nitrogens is 2. The number of nitrogens with one attached hydrogen (secondary N) is 1. The van der Waals surface area contributed by atoms with Gasteiger partial charge in [0.25, 0.3) is 5.56 Å². The Morgan fingerprint density at radius 1 is 1.09 bits per heavy atom. The Bertz CT molecular complexity index is 1220. The van der Waals surface area contributed by atoms with E-state index in [0.717, 1.165) is 5.56 Å². The summed E-state index contributed by atoms with van der Waals surface area (Å²) >= 11 is 0. The summed E-state index contributed by atoms with van der Waals surface area (Å²) in [5.74, 6) is -0.804. The number of aromatic amines is 1. The molecule has 0 bridgehead atoms. The molecule has 0 saturated heterocycles. The largest absolute Gasteiger partial charge is 0.383 e. The molecule has 0 saturated carbocycles. The first-order valence-electron chi connectivity index (χ1n) is 10.6. The van der Waals surface area contributed by atoms with Gasteiger partial charge in [-0.15, -0.1) is 0 Å². The van der Waals surface area contributed by atoms with E-state index in [1.54, 1.807) is 24.1 Å². The van der Waals surface area contributed by atoms with Gasteiger partial charge in [0, 0.05) is 19.3 Å². The lowest BCUT2D eigenvalue weighted by Crippen LogP contribution is -2.46. The van der Waals surface area contributed by atoms with E-state index in [0.29, 0.717) is 5.69 Å². The van der Waals surface area contributed by atoms with Crippen molar-refractivity contribution in [3.63, 3.8) is 0 Å². The van der Waals surface area contributed by atoms with Crippen LogP contribution in [0.15, 0.2) is 64.2 Å². The minimum Gasteiger partial charge on any atom is -0.383 e. The van der Waals surface area contributed by atoms with Crippen LogP contribution in [0.1, 0.15) is 19.4 Å². The van der Waals surface area contributed by atoms with Crippen molar-refractivity contribution in [2.75, 3.05) is 35.7 Å². The third kappa shape index (κ3) is 5.68. The highest BCUT2D eigenvalue weighted by Gasteiger charge is 2.26. The van der Waals surface area contributed by atoms with Gasteiger partial charge in [0.1, 0.15) is 11.6 Å². The lowest BCUT2D eigenvalue weighted by molar-refractivity contribution is -0.117. The van der Waals surface area contributed by atoms with E-state index < -0.39 is 11.2 Å². The smallest absolute Gasteiger partial charge is 0.330 e. The van der Waals surface area contributed by atoms with E-state index >= 15 is 0 Å². The van der Waals surface area contributed by atoms with Gasteiger partial charge in [0.2, 0.25) is 5.91 Å². The number of carbonyl (C=O) groups excluding carboxylic acids is 1. The number of nitrogens with zero attached hydrogens (tertiary/aromatic N) is 3. The zero-order chi connectivity index (χ0) is 24.1. The average Bonchev–Trinajstić information content (AvgIpc) is 2.76. The van der Waals surface area contributed by atoms with Gasteiger partial charge in [-0.3, -0.25) is 19.1 Å². The minimum atomic E-state index is -0.722. The van der Waals surface area contributed by atoms with Crippen LogP contribution in [0.5, 0.6) is 0 Å². The van der Waals surface area contributed by atoms with Crippen molar-refractivity contribution in [1.82, 2.24) is 9.55 Å². The van der Waals surface area contributed by atoms with Crippen molar-refractivity contribution >= 4 is 23.1 Å². The predicted molar refractivity (Wildman–Crippen MR) is 128 cm³/mol. The number of carbonyl (C=O) groups is 1. The van der Waals surface area contributed by atoms with E-state index in [1.807, 2.05) is 44.2 Å². The molecule has 0 spiro atoms. The molecule has 1 amide bonds. The second-order valence-electron chi connectivity index (χ2n) is 8.30. The summed E-state index contributed by atoms with van der Waals surface area (Å²) in [6, 6.07) is 15.0. The molecule has 1 aromatic heterocycles. The summed E-state index contributed by atoms with van der Waals surface area (Å²) in [6.07, 6.45) is 0. The zero-order valence-corrected chi connectivity index (χ0v) is 18.9. The van der Waals surface area contributed by atoms with Crippen molar-refractivity contribution < 1.29 is 9.18 Å². The number of nitrogen functional groups attached to an aromatic ring is 1. The van der Waals surface area contributed by atoms with Crippen LogP contribution in [0, 0.1) is 11.7 Å². The number of benzene rings is 2. The van der Waals surface area contributed by atoms with Crippen molar-refractivity contribution in [2.45, 2.75) is 20.4 Å². The van der Waals surface area contributed by atoms with Crippen molar-refractivity contribution in [1.29, 1.82) is 0 Å². The highest BCUT2D eigenvalue weighted by atomic mass is 19.1. The maximum Gasteiger partial charge on any atom is 0.330 e. The maximum atomic E-state index is 13.3. The number of hydrogen-bond acceptors (Lipinski definition) is 5. The Balaban J connectivity index is 1.98. The van der Waals surface area contributed by atoms with Crippen LogP contribution in [0.4, 0.5) is 21.6 Å². The van der Waals surface area contributed by atoms with Crippen LogP contribution < -0.4 is 26.8 Å². The molecule has 8 nitrogen and oxygen atoms in total. The third-order valence-corrected chi connectivity index (χ3v) is 5.16. The molecule has 3 N–H and O–H groups in total. The fraction of sp³-hybridized carbons (Fsp3) is 0.292. The molecule has 0 radical (unpaired) electrons. The Morgan fingerprint density at radius 2 is 1.73 bits per heavy atom. The number of halogens is 1. The van der Waals surface area contributed by atoms with Gasteiger partial charge in [0.15, 0.2) is 5.69 Å². The zero-order valence-electron chi connectivity index (χ0n) is 18.9. The molecule has 0 aliphatic carbocycles. The molecule has 0 aliphatic rings. The lowest BCUT2D eigenvalue weighted by atomic mass is 10.2. The highest BCUT2D eigenvalue weighted by molar-refractivity contribution is 5.98. The summed E-state index contributed by atoms with van der Waals surface area (Å²) in [5.41, 5.74) is 6.34. The average molecular weight is 454 g/mol. The van der Waals surface area contributed by atoms with Crippen molar-refractivity contribution in [3.8, 4) is 0 Å². The molecule has 9 heteroatoms. The Hall–Kier alpha value is -3.88. The van der Waals surface area contributed by atoms with Gasteiger partial charge < -0.3 is 15.5 Å². The van der Waals surface area contributed by atoms with E-state index in [1.165, 1.54) is 21.6 Å². The van der Waals surface area contributed by atoms with Gasteiger partial charge >= 0.3 is 5.69 Å². The number of nitrogens with two attached hydrogens (primary N) is 1. The molecule has 0 unspecified atom stereocenters. The SMILES string of the molecule is CC(C)CN(C(=O)CN(C)c1ccc(F)cc1)c1c(N)n(Cc2ccccc2)c(=O)[nH]c1=O. The summed E-state index contributed by atoms with van der Waals surface area (Å²) in [5, 5.41) is 0. The molecule has 0 aliphatic heterocycles. The van der Waals surface area contributed by atoms with Crippen molar-refractivity contribution in [2.24, 2.45) is 5.92 Å². The molecule has 0 atom stereocenters. The van der Waals surface area contributed by atoms with Crippen LogP contribution in [0.2, 0.25) is 0 Å². The van der Waals surface area contributed by atoms with Crippen LogP contribution in [-0.4, -0.2) is 35.6 Å². The molecular weight excluding hydrogens is 425 g/mol. The molecule has 2 aromatic carbocycles. The lowest BCUT2D eigenvalue weighted by Gasteiger charge is -2.28. The van der Waals surface area contributed by atoms with Crippen LogP contribution in [-0.2, 0) is 11.3 Å². The van der Waals surface area contributed by atoms with Gasteiger partial charge in [-0.25, -0.2) is 9.18 Å². The molecule has 174 valence electrons. The topological polar surface area (TPSA) is 104 Å². The molecule has 1 heterocycles. The fourth-order valence-electron chi connectivity index (χ4n) is 3.52. The number of hydrogen-bond donors (Lipinski definition) is 2. The normalized spacial score (nSPS) is 10.9. The minimum absolute atomic E-state index is 0.0263. The first-order valence-corrected chi connectivity index (χ1v) is 10.6. The second kappa shape index (κ2) is 10.2. The number of rotatable bonds is 8. The number of anilines is 3. The number of H-pyrrole nitrogens is 1. The van der Waals surface area contributed by atoms with E-state index in [4.69, 9.17) is 5.73 Å². The van der Waals surface area contributed by atoms with Crippen molar-refractivity contribution in [3.05, 3.63) is 86.8 Å². The summed E-state index contributed by atoms with van der Waals surface area (Å²) in [7, 11) is 1.70. The first-order chi connectivity index (χ1) is 15.7. The molecule has 33 heavy (non-hydrogen) atoms. The summed E-state index contributed by atoms with van der Waals surface area (Å²) in [4.78, 5) is 43.9. The van der Waals surface area contributed by atoms with Crippen LogP contribution in [0.25, 0.3) is 0 Å². The standard InChI is InChI=1S/C24H28FN5O3/c1-16(2)13-29(20(31)15-28(3)19-11-9-18(25)10-12-19)21-22(26)30(24(33)27-23(21)32)14-17-7-5-4-6-8-17/h4-12,16H,13-15,26H2,1-3H3,(H,27,32,33). The highest BCUT2D eigenvalue weighted by Crippen LogP contribution is 2.21. The fourth-order valence-corrected chi connectivity index (χ4v) is 3.52.